The van der Waals surface area contributed by atoms with Gasteiger partial charge in [-0.05, 0) is 29.8 Å². The van der Waals surface area contributed by atoms with Crippen molar-refractivity contribution in [2.45, 2.75) is 6.04 Å². The van der Waals surface area contributed by atoms with Gasteiger partial charge in [-0.25, -0.2) is 4.39 Å². The summed E-state index contributed by atoms with van der Waals surface area (Å²) in [6.45, 7) is 5.66. The van der Waals surface area contributed by atoms with Crippen LogP contribution >= 0.6 is 0 Å². The largest absolute Gasteiger partial charge is 0.378 e. The Balaban J connectivity index is 1.39. The zero-order valence-corrected chi connectivity index (χ0v) is 18.1. The lowest BCUT2D eigenvalue weighted by molar-refractivity contribution is -0.137. The van der Waals surface area contributed by atoms with Crippen LogP contribution in [0.5, 0.6) is 0 Å². The Morgan fingerprint density at radius 2 is 1.56 bits per heavy atom. The number of ether oxygens (including phenoxy) is 1. The van der Waals surface area contributed by atoms with Gasteiger partial charge in [0, 0.05) is 45.0 Å². The van der Waals surface area contributed by atoms with Gasteiger partial charge >= 0.3 is 0 Å². The zero-order chi connectivity index (χ0) is 22.3. The maximum absolute atomic E-state index is 13.2. The molecule has 0 radical (unpaired) electrons. The lowest BCUT2D eigenvalue weighted by Gasteiger charge is -2.39. The summed E-state index contributed by atoms with van der Waals surface area (Å²) in [5.74, 6) is -0.360. The number of morpholine rings is 1. The summed E-state index contributed by atoms with van der Waals surface area (Å²) in [7, 11) is 0. The molecule has 170 valence electrons. The van der Waals surface area contributed by atoms with Crippen LogP contribution in [0, 0.1) is 5.82 Å². The van der Waals surface area contributed by atoms with Crippen molar-refractivity contribution in [3.63, 3.8) is 0 Å². The van der Waals surface area contributed by atoms with Crippen LogP contribution in [0.3, 0.4) is 0 Å². The highest BCUT2D eigenvalue weighted by molar-refractivity contribution is 5.95. The minimum atomic E-state index is -0.460. The average Bonchev–Trinajstić information content (AvgIpc) is 2.83. The van der Waals surface area contributed by atoms with Crippen molar-refractivity contribution >= 4 is 17.5 Å². The van der Waals surface area contributed by atoms with Gasteiger partial charge in [0.15, 0.2) is 0 Å². The predicted octanol–water partition coefficient (Wildman–Crippen LogP) is 1.98. The monoisotopic (exact) mass is 440 g/mol. The van der Waals surface area contributed by atoms with Crippen molar-refractivity contribution in [3.05, 3.63) is 66.0 Å². The molecule has 2 aromatic carbocycles. The average molecular weight is 441 g/mol. The van der Waals surface area contributed by atoms with Crippen molar-refractivity contribution < 1.29 is 18.7 Å². The molecule has 1 N–H and O–H groups in total. The maximum atomic E-state index is 13.2. The Labute approximate surface area is 187 Å². The van der Waals surface area contributed by atoms with Crippen molar-refractivity contribution in [3.8, 4) is 0 Å². The van der Waals surface area contributed by atoms with E-state index >= 15 is 0 Å². The summed E-state index contributed by atoms with van der Waals surface area (Å²) in [4.78, 5) is 31.9. The van der Waals surface area contributed by atoms with Gasteiger partial charge in [0.25, 0.3) is 0 Å². The third-order valence-electron chi connectivity index (χ3n) is 5.97. The summed E-state index contributed by atoms with van der Waals surface area (Å²) >= 11 is 0. The molecule has 1 atom stereocenters. The first kappa shape index (κ1) is 22.4. The number of halogens is 1. The third kappa shape index (κ3) is 5.70. The van der Waals surface area contributed by atoms with Crippen LogP contribution in [-0.2, 0) is 14.3 Å². The molecule has 0 aromatic heterocycles. The Hall–Kier alpha value is -2.81. The zero-order valence-electron chi connectivity index (χ0n) is 18.1. The number of rotatable bonds is 6. The second-order valence-corrected chi connectivity index (χ2v) is 8.11. The minimum absolute atomic E-state index is 0.135. The summed E-state index contributed by atoms with van der Waals surface area (Å²) in [6.07, 6.45) is 0. The molecule has 0 bridgehead atoms. The fraction of sp³-hybridized carbons (Fsp3) is 0.417. The Kier molecular flexibility index (Phi) is 7.47. The Bertz CT molecular complexity index is 895. The van der Waals surface area contributed by atoms with Gasteiger partial charge in [-0.1, -0.05) is 30.3 Å². The van der Waals surface area contributed by atoms with Crippen molar-refractivity contribution in [2.24, 2.45) is 0 Å². The van der Waals surface area contributed by atoms with E-state index in [-0.39, 0.29) is 17.6 Å². The summed E-state index contributed by atoms with van der Waals surface area (Å²) in [5, 5.41) is 2.92. The van der Waals surface area contributed by atoms with Crippen LogP contribution in [0.25, 0.3) is 0 Å². The second-order valence-electron chi connectivity index (χ2n) is 8.11. The number of nitrogens with zero attached hydrogens (tertiary/aromatic N) is 3. The molecule has 32 heavy (non-hydrogen) atoms. The molecule has 7 nitrogen and oxygen atoms in total. The van der Waals surface area contributed by atoms with Crippen LogP contribution in [0.4, 0.5) is 10.1 Å². The smallest absolute Gasteiger partial charge is 0.246 e. The van der Waals surface area contributed by atoms with E-state index in [4.69, 9.17) is 4.74 Å². The molecule has 2 fully saturated rings. The number of benzene rings is 2. The predicted molar refractivity (Wildman–Crippen MR) is 120 cm³/mol. The lowest BCUT2D eigenvalue weighted by atomic mass is 10.0. The molecule has 0 saturated carbocycles. The van der Waals surface area contributed by atoms with Gasteiger partial charge in [-0.15, -0.1) is 0 Å². The Morgan fingerprint density at radius 1 is 0.906 bits per heavy atom. The van der Waals surface area contributed by atoms with E-state index in [0.29, 0.717) is 64.7 Å². The molecule has 0 unspecified atom stereocenters. The second kappa shape index (κ2) is 10.7. The molecule has 2 aliphatic rings. The first-order valence-electron chi connectivity index (χ1n) is 11.0. The molecule has 8 heteroatoms. The Morgan fingerprint density at radius 3 is 2.22 bits per heavy atom. The fourth-order valence-electron chi connectivity index (χ4n) is 4.19. The number of carbonyl (C=O) groups excluding carboxylic acids is 2. The molecule has 2 saturated heterocycles. The molecule has 2 aliphatic heterocycles. The standard InChI is InChI=1S/C24H29FN4O3/c25-20-6-8-21(9-7-20)26-24(31)23(19-4-2-1-3-5-19)29-12-10-27(11-13-29)18-22(30)28-14-16-32-17-15-28/h1-9,23H,10-18H2,(H,26,31)/t23-/m1/s1. The van der Waals surface area contributed by atoms with Crippen molar-refractivity contribution in [1.82, 2.24) is 14.7 Å². The lowest BCUT2D eigenvalue weighted by Crippen LogP contribution is -2.53. The number of hydrogen-bond donors (Lipinski definition) is 1. The van der Waals surface area contributed by atoms with Gasteiger partial charge in [0.05, 0.1) is 19.8 Å². The number of nitrogens with one attached hydrogen (secondary N) is 1. The van der Waals surface area contributed by atoms with Gasteiger partial charge in [0.2, 0.25) is 11.8 Å². The van der Waals surface area contributed by atoms with Crippen LogP contribution in [0.2, 0.25) is 0 Å². The number of hydrogen-bond acceptors (Lipinski definition) is 5. The molecular weight excluding hydrogens is 411 g/mol. The van der Waals surface area contributed by atoms with Gasteiger partial charge in [-0.3, -0.25) is 19.4 Å². The van der Waals surface area contributed by atoms with E-state index in [1.54, 1.807) is 12.1 Å². The molecule has 4 rings (SSSR count). The summed E-state index contributed by atoms with van der Waals surface area (Å²) < 4.78 is 18.5. The molecule has 2 aromatic rings. The fourth-order valence-corrected chi connectivity index (χ4v) is 4.19. The number of amides is 2. The number of carbonyl (C=O) groups is 2. The summed E-state index contributed by atoms with van der Waals surface area (Å²) in [6, 6.07) is 15.0. The van der Waals surface area contributed by atoms with Gasteiger partial charge < -0.3 is 15.0 Å². The molecule has 0 aliphatic carbocycles. The van der Waals surface area contributed by atoms with Crippen LogP contribution < -0.4 is 5.32 Å². The van der Waals surface area contributed by atoms with E-state index < -0.39 is 6.04 Å². The first-order valence-corrected chi connectivity index (χ1v) is 11.0. The normalized spacial score (nSPS) is 18.8. The first-order chi connectivity index (χ1) is 15.6. The number of piperazine rings is 1. The third-order valence-corrected chi connectivity index (χ3v) is 5.97. The van der Waals surface area contributed by atoms with E-state index in [1.807, 2.05) is 35.2 Å². The highest BCUT2D eigenvalue weighted by Crippen LogP contribution is 2.24. The van der Waals surface area contributed by atoms with Crippen molar-refractivity contribution in [1.29, 1.82) is 0 Å². The van der Waals surface area contributed by atoms with Crippen LogP contribution in [-0.4, -0.2) is 85.5 Å². The van der Waals surface area contributed by atoms with Gasteiger partial charge in [0.1, 0.15) is 11.9 Å². The van der Waals surface area contributed by atoms with E-state index in [9.17, 15) is 14.0 Å². The SMILES string of the molecule is O=C(Nc1ccc(F)cc1)[C@@H](c1ccccc1)N1CCN(CC(=O)N2CCOCC2)CC1. The molecule has 2 heterocycles. The van der Waals surface area contributed by atoms with E-state index in [0.717, 1.165) is 5.56 Å². The highest BCUT2D eigenvalue weighted by Gasteiger charge is 2.31. The molecule has 0 spiro atoms. The highest BCUT2D eigenvalue weighted by atomic mass is 19.1. The summed E-state index contributed by atoms with van der Waals surface area (Å²) in [5.41, 5.74) is 1.47. The minimum Gasteiger partial charge on any atom is -0.378 e. The van der Waals surface area contributed by atoms with E-state index in [1.165, 1.54) is 12.1 Å². The van der Waals surface area contributed by atoms with Crippen LogP contribution in [0.15, 0.2) is 54.6 Å². The molecular formula is C24H29FN4O3. The van der Waals surface area contributed by atoms with Crippen molar-refractivity contribution in [2.75, 3.05) is 64.3 Å². The quantitative estimate of drug-likeness (QED) is 0.744. The van der Waals surface area contributed by atoms with E-state index in [2.05, 4.69) is 15.1 Å². The van der Waals surface area contributed by atoms with Crippen LogP contribution in [0.1, 0.15) is 11.6 Å². The number of anilines is 1. The maximum Gasteiger partial charge on any atom is 0.246 e. The topological polar surface area (TPSA) is 65.1 Å². The molecule has 2 amide bonds. The van der Waals surface area contributed by atoms with Gasteiger partial charge in [-0.2, -0.15) is 0 Å².